The topological polar surface area (TPSA) is 92.4 Å². The highest BCUT2D eigenvalue weighted by atomic mass is 32.2. The van der Waals surface area contributed by atoms with E-state index in [2.05, 4.69) is 15.2 Å². The number of rotatable bonds is 6. The van der Waals surface area contributed by atoms with Crippen LogP contribution in [0.5, 0.6) is 0 Å². The van der Waals surface area contributed by atoms with Crippen molar-refractivity contribution in [1.82, 2.24) is 20.1 Å². The fourth-order valence-electron chi connectivity index (χ4n) is 4.01. The minimum absolute atomic E-state index is 0.00194. The van der Waals surface area contributed by atoms with Crippen molar-refractivity contribution in [2.75, 3.05) is 29.5 Å². The molecule has 8 nitrogen and oxygen atoms in total. The van der Waals surface area contributed by atoms with Crippen molar-refractivity contribution in [1.29, 1.82) is 0 Å². The summed E-state index contributed by atoms with van der Waals surface area (Å²) in [4.78, 5) is 21.1. The van der Waals surface area contributed by atoms with Crippen LogP contribution in [0, 0.1) is 0 Å². The van der Waals surface area contributed by atoms with Gasteiger partial charge in [-0.3, -0.25) is 14.1 Å². The predicted octanol–water partition coefficient (Wildman–Crippen LogP) is 4.93. The maximum Gasteiger partial charge on any atom is 0.324 e. The minimum Gasteiger partial charge on any atom is -0.415 e. The van der Waals surface area contributed by atoms with Crippen LogP contribution in [0.25, 0.3) is 22.6 Å². The van der Waals surface area contributed by atoms with Crippen LogP contribution in [-0.2, 0) is 17.3 Å². The summed E-state index contributed by atoms with van der Waals surface area (Å²) in [7, 11) is -0.905. The second kappa shape index (κ2) is 11.0. The summed E-state index contributed by atoms with van der Waals surface area (Å²) in [5.41, 5.74) is 3.98. The number of urea groups is 1. The van der Waals surface area contributed by atoms with Crippen molar-refractivity contribution in [2.24, 2.45) is 0 Å². The van der Waals surface area contributed by atoms with Crippen LogP contribution in [0.1, 0.15) is 17.9 Å². The molecular weight excluding hydrogens is 500 g/mol. The molecule has 1 fully saturated rings. The summed E-state index contributed by atoms with van der Waals surface area (Å²) in [6.07, 6.45) is 0.656. The fraction of sp³-hybridized carbons (Fsp3) is 0.231. The van der Waals surface area contributed by atoms with E-state index >= 15 is 0 Å². The molecule has 2 amide bonds. The van der Waals surface area contributed by atoms with Crippen LogP contribution >= 0.6 is 0 Å². The molecule has 0 radical (unpaired) electrons. The first kappa shape index (κ1) is 24.7. The Balaban J connectivity index is 1.39. The fourth-order valence-corrected chi connectivity index (χ4v) is 5.06. The number of amides is 2. The van der Waals surface area contributed by atoms with Gasteiger partial charge in [-0.2, -0.15) is 8.78 Å². The van der Waals surface area contributed by atoms with Gasteiger partial charge in [0.25, 0.3) is 5.89 Å². The number of benzene rings is 2. The van der Waals surface area contributed by atoms with Gasteiger partial charge in [0.05, 0.1) is 6.54 Å². The van der Waals surface area contributed by atoms with Crippen molar-refractivity contribution in [2.45, 2.75) is 13.0 Å². The van der Waals surface area contributed by atoms with Gasteiger partial charge in [0.1, 0.15) is 0 Å². The van der Waals surface area contributed by atoms with E-state index in [0.717, 1.165) is 16.7 Å². The Morgan fingerprint density at radius 2 is 1.68 bits per heavy atom. The first-order chi connectivity index (χ1) is 18.0. The number of carbonyl (C=O) groups excluding carboxylic acids is 1. The highest BCUT2D eigenvalue weighted by Crippen LogP contribution is 2.27. The standard InChI is InChI=1S/C26H23F2N5O3S/c27-23(28)25-31-30-24(36-25)20-5-3-18(4-6-20)17-33(26(34)32-12-14-37(35)15-13-32)22-9-7-19(8-10-22)21-2-1-11-29-16-21/h1-11,16,23H,12-15,17H2. The lowest BCUT2D eigenvalue weighted by atomic mass is 10.1. The van der Waals surface area contributed by atoms with E-state index in [-0.39, 0.29) is 18.5 Å². The molecule has 2 aromatic heterocycles. The summed E-state index contributed by atoms with van der Waals surface area (Å²) in [5.74, 6) is 0.188. The van der Waals surface area contributed by atoms with E-state index in [9.17, 15) is 17.8 Å². The molecule has 0 atom stereocenters. The Bertz CT molecular complexity index is 1370. The van der Waals surface area contributed by atoms with E-state index in [1.807, 2.05) is 36.4 Å². The van der Waals surface area contributed by atoms with Gasteiger partial charge in [0.15, 0.2) is 0 Å². The van der Waals surface area contributed by atoms with Crippen LogP contribution in [0.2, 0.25) is 0 Å². The summed E-state index contributed by atoms with van der Waals surface area (Å²) >= 11 is 0. The van der Waals surface area contributed by atoms with E-state index in [4.69, 9.17) is 4.42 Å². The number of anilines is 1. The summed E-state index contributed by atoms with van der Waals surface area (Å²) in [6.45, 7) is 1.13. The third-order valence-corrected chi connectivity index (χ3v) is 7.30. The molecule has 0 saturated carbocycles. The van der Waals surface area contributed by atoms with Gasteiger partial charge in [0.2, 0.25) is 5.89 Å². The SMILES string of the molecule is O=C(N1CCS(=O)CC1)N(Cc1ccc(-c2nnc(C(F)F)o2)cc1)c1ccc(-c2cccnc2)cc1. The average Bonchev–Trinajstić information content (AvgIpc) is 3.44. The molecule has 0 unspecified atom stereocenters. The molecule has 1 saturated heterocycles. The molecule has 190 valence electrons. The number of nitrogens with zero attached hydrogens (tertiary/aromatic N) is 5. The van der Waals surface area contributed by atoms with Crippen LogP contribution in [0.4, 0.5) is 19.3 Å². The summed E-state index contributed by atoms with van der Waals surface area (Å²) in [5, 5.41) is 7.04. The van der Waals surface area contributed by atoms with Gasteiger partial charge < -0.3 is 9.32 Å². The lowest BCUT2D eigenvalue weighted by Gasteiger charge is -2.33. The zero-order chi connectivity index (χ0) is 25.8. The Labute approximate surface area is 214 Å². The van der Waals surface area contributed by atoms with Gasteiger partial charge in [-0.05, 0) is 47.0 Å². The highest BCUT2D eigenvalue weighted by Gasteiger charge is 2.26. The largest absolute Gasteiger partial charge is 0.415 e. The van der Waals surface area contributed by atoms with Crippen LogP contribution in [0.3, 0.4) is 0 Å². The Morgan fingerprint density at radius 1 is 0.973 bits per heavy atom. The van der Waals surface area contributed by atoms with Crippen LogP contribution < -0.4 is 4.90 Å². The summed E-state index contributed by atoms with van der Waals surface area (Å²) < 4.78 is 42.4. The van der Waals surface area contributed by atoms with E-state index in [1.54, 1.807) is 46.5 Å². The molecule has 0 bridgehead atoms. The number of alkyl halides is 2. The van der Waals surface area contributed by atoms with Gasteiger partial charge in [0, 0.05) is 59.0 Å². The van der Waals surface area contributed by atoms with Crippen molar-refractivity contribution in [3.8, 4) is 22.6 Å². The summed E-state index contributed by atoms with van der Waals surface area (Å²) in [6, 6.07) is 18.3. The second-order valence-electron chi connectivity index (χ2n) is 8.44. The zero-order valence-electron chi connectivity index (χ0n) is 19.7. The van der Waals surface area contributed by atoms with Crippen LogP contribution in [0.15, 0.2) is 77.5 Å². The van der Waals surface area contributed by atoms with Gasteiger partial charge in [-0.1, -0.05) is 30.3 Å². The maximum absolute atomic E-state index is 13.6. The van der Waals surface area contributed by atoms with Crippen molar-refractivity contribution >= 4 is 22.5 Å². The zero-order valence-corrected chi connectivity index (χ0v) is 20.5. The number of hydrogen-bond donors (Lipinski definition) is 0. The normalized spacial score (nSPS) is 14.2. The van der Waals surface area contributed by atoms with Crippen LogP contribution in [-0.4, -0.2) is 54.9 Å². The second-order valence-corrected chi connectivity index (χ2v) is 10.1. The van der Waals surface area contributed by atoms with Crippen molar-refractivity contribution in [3.05, 3.63) is 84.5 Å². The van der Waals surface area contributed by atoms with Gasteiger partial charge in [-0.15, -0.1) is 10.2 Å². The number of pyridine rings is 1. The number of halogens is 2. The van der Waals surface area contributed by atoms with E-state index < -0.39 is 23.1 Å². The average molecular weight is 524 g/mol. The molecule has 11 heteroatoms. The lowest BCUT2D eigenvalue weighted by molar-refractivity contribution is 0.116. The van der Waals surface area contributed by atoms with Crippen molar-refractivity contribution in [3.63, 3.8) is 0 Å². The molecule has 0 spiro atoms. The van der Waals surface area contributed by atoms with Gasteiger partial charge in [-0.25, -0.2) is 4.79 Å². The minimum atomic E-state index is -2.84. The van der Waals surface area contributed by atoms with E-state index in [1.165, 1.54) is 0 Å². The molecule has 0 aliphatic carbocycles. The Morgan fingerprint density at radius 3 is 2.30 bits per heavy atom. The number of carbonyl (C=O) groups is 1. The number of aromatic nitrogens is 3. The Hall–Kier alpha value is -3.99. The highest BCUT2D eigenvalue weighted by molar-refractivity contribution is 7.85. The molecule has 4 aromatic rings. The molecule has 1 aliphatic heterocycles. The Kier molecular flexibility index (Phi) is 7.31. The molecule has 0 N–H and O–H groups in total. The lowest BCUT2D eigenvalue weighted by Crippen LogP contribution is -2.48. The van der Waals surface area contributed by atoms with Crippen molar-refractivity contribution < 1.29 is 22.2 Å². The third-order valence-electron chi connectivity index (χ3n) is 6.02. The quantitative estimate of drug-likeness (QED) is 0.356. The monoisotopic (exact) mass is 523 g/mol. The smallest absolute Gasteiger partial charge is 0.324 e. The molecule has 37 heavy (non-hydrogen) atoms. The first-order valence-electron chi connectivity index (χ1n) is 11.6. The molecule has 1 aliphatic rings. The molecular formula is C26H23F2N5O3S. The maximum atomic E-state index is 13.6. The third kappa shape index (κ3) is 5.72. The molecule has 3 heterocycles. The van der Waals surface area contributed by atoms with E-state index in [0.29, 0.717) is 35.8 Å². The number of hydrogen-bond acceptors (Lipinski definition) is 6. The van der Waals surface area contributed by atoms with Gasteiger partial charge >= 0.3 is 12.5 Å². The first-order valence-corrected chi connectivity index (χ1v) is 13.1. The predicted molar refractivity (Wildman–Crippen MR) is 135 cm³/mol. The molecule has 2 aromatic carbocycles. The molecule has 5 rings (SSSR count).